The van der Waals surface area contributed by atoms with Crippen LogP contribution in [0.5, 0.6) is 11.5 Å². The molecule has 0 saturated carbocycles. The predicted octanol–water partition coefficient (Wildman–Crippen LogP) is 5.59. The van der Waals surface area contributed by atoms with Gasteiger partial charge in [0.2, 0.25) is 0 Å². The average Bonchev–Trinajstić information content (AvgIpc) is 3.87. The molecule has 0 radical (unpaired) electrons. The largest absolute Gasteiger partial charge is 0.489 e. The first kappa shape index (κ1) is 46.4. The van der Waals surface area contributed by atoms with E-state index in [4.69, 9.17) is 43.1 Å². The predicted molar refractivity (Wildman–Crippen MR) is 237 cm³/mol. The number of aromatic amines is 1. The molecular weight excluding hydrogens is 767 g/mol. The van der Waals surface area contributed by atoms with Crippen molar-refractivity contribution in [1.29, 1.82) is 0 Å². The number of nitrogens with one attached hydrogen (secondary N) is 3. The molecule has 0 saturated heterocycles. The molecule has 328 valence electrons. The first-order valence-corrected chi connectivity index (χ1v) is 21.2. The van der Waals surface area contributed by atoms with E-state index in [2.05, 4.69) is 49.4 Å². The van der Waals surface area contributed by atoms with Gasteiger partial charge in [0.05, 0.1) is 74.4 Å². The van der Waals surface area contributed by atoms with E-state index in [1.807, 2.05) is 31.5 Å². The summed E-state index contributed by atoms with van der Waals surface area (Å²) in [5, 5.41) is 28.8. The van der Waals surface area contributed by atoms with Crippen LogP contribution in [-0.4, -0.2) is 114 Å². The molecule has 4 heterocycles. The van der Waals surface area contributed by atoms with E-state index in [1.165, 1.54) is 0 Å². The number of hydrogen-bond acceptors (Lipinski definition) is 13. The maximum absolute atomic E-state index is 9.96. The van der Waals surface area contributed by atoms with E-state index in [0.29, 0.717) is 101 Å². The molecule has 0 atom stereocenters. The summed E-state index contributed by atoms with van der Waals surface area (Å²) in [4.78, 5) is 14.2. The standard InChI is InChI=1S/C46H65N5O9/c1-8-32-33(9-2)44-46(58-10-3)45-35(14-12-16-53)31(5)41(51-45)29-48-39-27-43(60-24-22-57-20-18-55-7)42(59-23-21-56-19-17-54-6)26-38(39)47-28-40-30(4)34(13-11-15-52)37(49-40)25-36(32)50-44/h25-29,47-49,52-53H,8-24H2,1-7H3. The van der Waals surface area contributed by atoms with Gasteiger partial charge in [-0.3, -0.25) is 0 Å². The summed E-state index contributed by atoms with van der Waals surface area (Å²) in [6.45, 7) is 14.2. The van der Waals surface area contributed by atoms with Gasteiger partial charge < -0.3 is 59.0 Å². The van der Waals surface area contributed by atoms with Gasteiger partial charge in [0.15, 0.2) is 17.3 Å². The van der Waals surface area contributed by atoms with Gasteiger partial charge in [0.25, 0.3) is 0 Å². The number of ether oxygens (including phenoxy) is 7. The number of fused-ring (bicyclic) bond motifs is 5. The van der Waals surface area contributed by atoms with E-state index in [9.17, 15) is 10.2 Å². The Morgan fingerprint density at radius 3 is 1.83 bits per heavy atom. The van der Waals surface area contributed by atoms with E-state index >= 15 is 0 Å². The summed E-state index contributed by atoms with van der Waals surface area (Å²) in [7, 11) is 3.28. The second kappa shape index (κ2) is 23.9. The molecule has 3 aliphatic heterocycles. The number of benzene rings is 1. The van der Waals surface area contributed by atoms with Crippen LogP contribution in [0.15, 0.2) is 67.8 Å². The van der Waals surface area contributed by atoms with Gasteiger partial charge in [-0.05, 0) is 98.8 Å². The average molecular weight is 832 g/mol. The van der Waals surface area contributed by atoms with Gasteiger partial charge in [-0.1, -0.05) is 13.8 Å². The minimum atomic E-state index is 0.0504. The summed E-state index contributed by atoms with van der Waals surface area (Å²) in [6, 6.07) is 3.82. The lowest BCUT2D eigenvalue weighted by atomic mass is 9.95. The number of aliphatic hydroxyl groups is 2. The van der Waals surface area contributed by atoms with Crippen molar-refractivity contribution in [1.82, 2.24) is 4.98 Å². The van der Waals surface area contributed by atoms with Crippen molar-refractivity contribution >= 4 is 35.1 Å². The molecule has 5 rings (SSSR count). The van der Waals surface area contributed by atoms with E-state index in [1.54, 1.807) is 14.2 Å². The number of aromatic nitrogens is 1. The maximum Gasteiger partial charge on any atom is 0.171 e. The van der Waals surface area contributed by atoms with Gasteiger partial charge in [-0.25, -0.2) is 9.98 Å². The Bertz CT molecular complexity index is 2090. The first-order chi connectivity index (χ1) is 29.3. The Kier molecular flexibility index (Phi) is 18.5. The topological polar surface area (TPSA) is 170 Å². The molecule has 6 bridgehead atoms. The second-order valence-electron chi connectivity index (χ2n) is 14.4. The Hall–Kier alpha value is -4.70. The van der Waals surface area contributed by atoms with Crippen molar-refractivity contribution in [2.24, 2.45) is 9.98 Å². The molecule has 2 aromatic rings. The maximum atomic E-state index is 9.96. The van der Waals surface area contributed by atoms with Crippen LogP contribution < -0.4 is 30.8 Å². The smallest absolute Gasteiger partial charge is 0.171 e. The van der Waals surface area contributed by atoms with Crippen molar-refractivity contribution in [3.8, 4) is 11.5 Å². The van der Waals surface area contributed by atoms with Crippen molar-refractivity contribution in [3.05, 3.63) is 79.6 Å². The minimum Gasteiger partial charge on any atom is -0.489 e. The van der Waals surface area contributed by atoms with E-state index in [0.717, 1.165) is 85.5 Å². The molecule has 14 nitrogen and oxygen atoms in total. The fourth-order valence-electron chi connectivity index (χ4n) is 7.41. The zero-order valence-electron chi connectivity index (χ0n) is 36.6. The van der Waals surface area contributed by atoms with Crippen LogP contribution in [0, 0.1) is 6.92 Å². The zero-order valence-corrected chi connectivity index (χ0v) is 36.6. The third kappa shape index (κ3) is 11.6. The van der Waals surface area contributed by atoms with Crippen LogP contribution in [0.4, 0.5) is 11.4 Å². The molecule has 3 aliphatic rings. The van der Waals surface area contributed by atoms with Gasteiger partial charge in [-0.15, -0.1) is 0 Å². The number of allylic oxidation sites excluding steroid dienone is 4. The normalized spacial score (nSPS) is 15.1. The molecular formula is C46H65N5O9. The second-order valence-corrected chi connectivity index (χ2v) is 14.4. The quantitative estimate of drug-likeness (QED) is 0.0837. The Balaban J connectivity index is 1.73. The highest BCUT2D eigenvalue weighted by Crippen LogP contribution is 2.40. The molecule has 1 aromatic carbocycles. The summed E-state index contributed by atoms with van der Waals surface area (Å²) in [5.74, 6) is 1.69. The molecule has 14 heteroatoms. The molecule has 0 unspecified atom stereocenters. The minimum absolute atomic E-state index is 0.0504. The number of nitrogens with zero attached hydrogens (tertiary/aromatic N) is 2. The number of anilines is 2. The Labute approximate surface area is 354 Å². The summed E-state index contributed by atoms with van der Waals surface area (Å²) in [5.41, 5.74) is 11.0. The number of methoxy groups -OCH3 is 2. The highest BCUT2D eigenvalue weighted by molar-refractivity contribution is 6.24. The number of rotatable bonds is 24. The Morgan fingerprint density at radius 2 is 1.25 bits per heavy atom. The van der Waals surface area contributed by atoms with Crippen LogP contribution in [0.3, 0.4) is 0 Å². The third-order valence-corrected chi connectivity index (χ3v) is 10.5. The van der Waals surface area contributed by atoms with Gasteiger partial charge in [0.1, 0.15) is 24.6 Å². The number of hydrogen-bond donors (Lipinski definition) is 5. The molecule has 0 amide bonds. The zero-order chi connectivity index (χ0) is 42.9. The van der Waals surface area contributed by atoms with Crippen molar-refractivity contribution < 1.29 is 43.4 Å². The highest BCUT2D eigenvalue weighted by Gasteiger charge is 2.31. The lowest BCUT2D eigenvalue weighted by Crippen LogP contribution is -2.16. The Morgan fingerprint density at radius 1 is 0.650 bits per heavy atom. The summed E-state index contributed by atoms with van der Waals surface area (Å²) < 4.78 is 40.7. The molecule has 0 fully saturated rings. The fourth-order valence-corrected chi connectivity index (χ4v) is 7.41. The fraction of sp³-hybridized carbons (Fsp3) is 0.522. The van der Waals surface area contributed by atoms with Crippen LogP contribution in [0.1, 0.15) is 70.9 Å². The monoisotopic (exact) mass is 831 g/mol. The molecule has 1 aromatic heterocycles. The summed E-state index contributed by atoms with van der Waals surface area (Å²) >= 11 is 0. The van der Waals surface area contributed by atoms with Crippen LogP contribution in [-0.2, 0) is 30.1 Å². The van der Waals surface area contributed by atoms with Gasteiger partial charge in [-0.2, -0.15) is 0 Å². The lowest BCUT2D eigenvalue weighted by molar-refractivity contribution is 0.0499. The van der Waals surface area contributed by atoms with Crippen LogP contribution >= 0.6 is 0 Å². The van der Waals surface area contributed by atoms with Gasteiger partial charge in [0, 0.05) is 57.3 Å². The molecule has 0 aliphatic carbocycles. The SMILES string of the molecule is CCOC1=C2N=C(C=c3[nH]c(c(C)c3CCCO)=CNc3cc(OCCOCCOC)c(OCCOCCOC)cc3NC=C3N=C1C(CCCO)=C3C)C(CC)=C2CC. The van der Waals surface area contributed by atoms with Crippen molar-refractivity contribution in [3.63, 3.8) is 0 Å². The lowest BCUT2D eigenvalue weighted by Gasteiger charge is -2.18. The van der Waals surface area contributed by atoms with Crippen molar-refractivity contribution in [2.75, 3.05) is 97.5 Å². The first-order valence-electron chi connectivity index (χ1n) is 21.2. The van der Waals surface area contributed by atoms with Crippen LogP contribution in [0.25, 0.3) is 12.3 Å². The molecule has 60 heavy (non-hydrogen) atoms. The number of aliphatic imine (C=N–C) groups is 2. The number of H-pyrrole nitrogens is 1. The van der Waals surface area contributed by atoms with E-state index < -0.39 is 0 Å². The highest BCUT2D eigenvalue weighted by atomic mass is 16.6. The molecule has 5 N–H and O–H groups in total. The number of aliphatic hydroxyl groups excluding tert-OH is 2. The van der Waals surface area contributed by atoms with Gasteiger partial charge >= 0.3 is 0 Å². The van der Waals surface area contributed by atoms with Crippen molar-refractivity contribution in [2.45, 2.75) is 73.1 Å². The van der Waals surface area contributed by atoms with E-state index in [-0.39, 0.29) is 19.8 Å². The molecule has 0 spiro atoms. The van der Waals surface area contributed by atoms with Crippen LogP contribution in [0.2, 0.25) is 0 Å². The summed E-state index contributed by atoms with van der Waals surface area (Å²) in [6.07, 6.45) is 10.0. The third-order valence-electron chi connectivity index (χ3n) is 10.5.